The summed E-state index contributed by atoms with van der Waals surface area (Å²) >= 11 is 11.9. The second kappa shape index (κ2) is 7.74. The molecule has 0 bridgehead atoms. The summed E-state index contributed by atoms with van der Waals surface area (Å²) < 4.78 is 0. The smallest absolute Gasteiger partial charge is 0.255 e. The zero-order chi connectivity index (χ0) is 18.8. The average molecular weight is 393 g/mol. The lowest BCUT2D eigenvalue weighted by atomic mass is 10.1. The van der Waals surface area contributed by atoms with Crippen molar-refractivity contribution in [2.24, 2.45) is 0 Å². The van der Waals surface area contributed by atoms with Gasteiger partial charge in [-0.1, -0.05) is 23.2 Å². The molecule has 0 spiro atoms. The van der Waals surface area contributed by atoms with Crippen molar-refractivity contribution in [1.82, 2.24) is 4.90 Å². The van der Waals surface area contributed by atoms with E-state index in [9.17, 15) is 4.79 Å². The van der Waals surface area contributed by atoms with Crippen LogP contribution in [0.3, 0.4) is 0 Å². The maximum absolute atomic E-state index is 12.6. The molecule has 3 N–H and O–H groups in total. The highest BCUT2D eigenvalue weighted by molar-refractivity contribution is 6.42. The van der Waals surface area contributed by atoms with Crippen LogP contribution in [-0.4, -0.2) is 44.0 Å². The third-order valence-electron chi connectivity index (χ3n) is 4.64. The molecule has 2 aromatic carbocycles. The zero-order valence-corrected chi connectivity index (χ0v) is 16.4. The molecule has 26 heavy (non-hydrogen) atoms. The highest BCUT2D eigenvalue weighted by atomic mass is 35.5. The van der Waals surface area contributed by atoms with Crippen LogP contribution in [0.2, 0.25) is 10.0 Å². The van der Waals surface area contributed by atoms with Crippen molar-refractivity contribution in [1.29, 1.82) is 0 Å². The van der Waals surface area contributed by atoms with Crippen molar-refractivity contribution < 1.29 is 4.79 Å². The van der Waals surface area contributed by atoms with Crippen LogP contribution in [0.15, 0.2) is 30.3 Å². The van der Waals surface area contributed by atoms with Crippen LogP contribution in [0, 0.1) is 6.92 Å². The highest BCUT2D eigenvalue weighted by Crippen LogP contribution is 2.31. The van der Waals surface area contributed by atoms with E-state index >= 15 is 0 Å². The van der Waals surface area contributed by atoms with E-state index in [1.54, 1.807) is 18.2 Å². The largest absolute Gasteiger partial charge is 0.397 e. The first-order valence-electron chi connectivity index (χ1n) is 8.45. The molecule has 7 heteroatoms. The van der Waals surface area contributed by atoms with Gasteiger partial charge in [0.15, 0.2) is 0 Å². The molecule has 3 rings (SSSR count). The van der Waals surface area contributed by atoms with Gasteiger partial charge >= 0.3 is 0 Å². The average Bonchev–Trinajstić information content (AvgIpc) is 2.60. The Morgan fingerprint density at radius 1 is 1.08 bits per heavy atom. The van der Waals surface area contributed by atoms with Gasteiger partial charge in [-0.15, -0.1) is 0 Å². The number of nitrogens with zero attached hydrogens (tertiary/aromatic N) is 2. The summed E-state index contributed by atoms with van der Waals surface area (Å²) in [4.78, 5) is 17.2. The number of hydrogen-bond acceptors (Lipinski definition) is 4. The van der Waals surface area contributed by atoms with E-state index in [4.69, 9.17) is 28.9 Å². The van der Waals surface area contributed by atoms with Crippen molar-refractivity contribution in [3.8, 4) is 0 Å². The number of nitrogens with one attached hydrogen (secondary N) is 1. The van der Waals surface area contributed by atoms with Crippen LogP contribution in [0.25, 0.3) is 0 Å². The molecule has 1 aliphatic heterocycles. The van der Waals surface area contributed by atoms with Gasteiger partial charge in [0.25, 0.3) is 5.91 Å². The Labute approximate surface area is 163 Å². The second-order valence-corrected chi connectivity index (χ2v) is 7.41. The number of nitrogens with two attached hydrogens (primary N) is 1. The molecule has 0 radical (unpaired) electrons. The highest BCUT2D eigenvalue weighted by Gasteiger charge is 2.18. The summed E-state index contributed by atoms with van der Waals surface area (Å²) in [6.45, 7) is 5.95. The third-order valence-corrected chi connectivity index (χ3v) is 5.38. The summed E-state index contributed by atoms with van der Waals surface area (Å²) in [5.41, 5.74) is 9.89. The summed E-state index contributed by atoms with van der Waals surface area (Å²) in [5, 5.41) is 3.64. The predicted octanol–water partition coefficient (Wildman–Crippen LogP) is 3.89. The summed E-state index contributed by atoms with van der Waals surface area (Å²) in [6, 6.07) is 8.64. The van der Waals surface area contributed by atoms with Crippen LogP contribution < -0.4 is 16.0 Å². The number of carbonyl (C=O) groups is 1. The number of anilines is 3. The fourth-order valence-corrected chi connectivity index (χ4v) is 3.35. The number of piperazine rings is 1. The Morgan fingerprint density at radius 3 is 2.42 bits per heavy atom. The Morgan fingerprint density at radius 2 is 1.77 bits per heavy atom. The lowest BCUT2D eigenvalue weighted by Gasteiger charge is -2.35. The minimum atomic E-state index is -0.275. The van der Waals surface area contributed by atoms with Crippen molar-refractivity contribution in [2.75, 3.05) is 49.2 Å². The van der Waals surface area contributed by atoms with E-state index < -0.39 is 0 Å². The van der Waals surface area contributed by atoms with Gasteiger partial charge in [-0.2, -0.15) is 0 Å². The summed E-state index contributed by atoms with van der Waals surface area (Å²) in [5.74, 6) is -0.275. The maximum atomic E-state index is 12.6. The van der Waals surface area contributed by atoms with Gasteiger partial charge in [0.05, 0.1) is 21.4 Å². The SMILES string of the molecule is Cc1cc(N)c(NC(=O)c2ccc(Cl)c(Cl)c2)cc1N1CCN(C)CC1. The Balaban J connectivity index is 1.84. The molecule has 2 aromatic rings. The number of aryl methyl sites for hydroxylation is 1. The first-order chi connectivity index (χ1) is 12.3. The molecule has 1 aliphatic rings. The molecular weight excluding hydrogens is 371 g/mol. The van der Waals surface area contributed by atoms with Gasteiger partial charge < -0.3 is 20.9 Å². The molecule has 1 saturated heterocycles. The molecule has 1 fully saturated rings. The molecule has 1 heterocycles. The molecule has 0 saturated carbocycles. The third kappa shape index (κ3) is 4.06. The monoisotopic (exact) mass is 392 g/mol. The normalized spacial score (nSPS) is 15.2. The number of likely N-dealkylation sites (N-methyl/N-ethyl adjacent to an activating group) is 1. The van der Waals surface area contributed by atoms with Crippen molar-refractivity contribution in [3.05, 3.63) is 51.5 Å². The number of amides is 1. The van der Waals surface area contributed by atoms with Crippen LogP contribution >= 0.6 is 23.2 Å². The van der Waals surface area contributed by atoms with Gasteiger partial charge in [0.2, 0.25) is 0 Å². The van der Waals surface area contributed by atoms with Crippen LogP contribution in [0.4, 0.5) is 17.1 Å². The molecule has 5 nitrogen and oxygen atoms in total. The zero-order valence-electron chi connectivity index (χ0n) is 14.9. The van der Waals surface area contributed by atoms with Crippen LogP contribution in [0.1, 0.15) is 15.9 Å². The fourth-order valence-electron chi connectivity index (χ4n) is 3.05. The molecule has 0 atom stereocenters. The van der Waals surface area contributed by atoms with Gasteiger partial charge in [-0.25, -0.2) is 0 Å². The number of halogens is 2. The van der Waals surface area contributed by atoms with Gasteiger partial charge in [-0.05, 0) is 49.9 Å². The predicted molar refractivity (Wildman–Crippen MR) is 110 cm³/mol. The lowest BCUT2D eigenvalue weighted by molar-refractivity contribution is 0.102. The molecule has 0 aromatic heterocycles. The van der Waals surface area contributed by atoms with E-state index in [1.807, 2.05) is 19.1 Å². The molecule has 0 unspecified atom stereocenters. The van der Waals surface area contributed by atoms with E-state index in [0.717, 1.165) is 37.4 Å². The topological polar surface area (TPSA) is 61.6 Å². The lowest BCUT2D eigenvalue weighted by Crippen LogP contribution is -2.44. The number of rotatable bonds is 3. The van der Waals surface area contributed by atoms with E-state index in [0.29, 0.717) is 27.0 Å². The van der Waals surface area contributed by atoms with E-state index in [-0.39, 0.29) is 5.91 Å². The molecular formula is C19H22Cl2N4O. The van der Waals surface area contributed by atoms with E-state index in [1.165, 1.54) is 0 Å². The summed E-state index contributed by atoms with van der Waals surface area (Å²) in [6.07, 6.45) is 0. The first kappa shape index (κ1) is 18.8. The van der Waals surface area contributed by atoms with Crippen LogP contribution in [0.5, 0.6) is 0 Å². The Hall–Kier alpha value is -1.95. The van der Waals surface area contributed by atoms with Crippen molar-refractivity contribution in [2.45, 2.75) is 6.92 Å². The summed E-state index contributed by atoms with van der Waals surface area (Å²) in [7, 11) is 2.12. The van der Waals surface area contributed by atoms with Gasteiger partial charge in [-0.3, -0.25) is 4.79 Å². The van der Waals surface area contributed by atoms with Gasteiger partial charge in [0, 0.05) is 37.4 Å². The number of nitrogen functional groups attached to an aromatic ring is 1. The Bertz CT molecular complexity index is 833. The number of hydrogen-bond donors (Lipinski definition) is 2. The number of carbonyl (C=O) groups excluding carboxylic acids is 1. The number of benzene rings is 2. The quantitative estimate of drug-likeness (QED) is 0.777. The Kier molecular flexibility index (Phi) is 5.61. The maximum Gasteiger partial charge on any atom is 0.255 e. The van der Waals surface area contributed by atoms with Gasteiger partial charge in [0.1, 0.15) is 0 Å². The molecule has 0 aliphatic carbocycles. The minimum Gasteiger partial charge on any atom is -0.397 e. The molecule has 1 amide bonds. The standard InChI is InChI=1S/C19H22Cl2N4O/c1-12-9-16(22)17(11-18(12)25-7-5-24(2)6-8-25)23-19(26)13-3-4-14(20)15(21)10-13/h3-4,9-11H,5-8,22H2,1-2H3,(H,23,26). The second-order valence-electron chi connectivity index (χ2n) is 6.60. The fraction of sp³-hybridized carbons (Fsp3) is 0.316. The van der Waals surface area contributed by atoms with Crippen LogP contribution in [-0.2, 0) is 0 Å². The molecule has 138 valence electrons. The van der Waals surface area contributed by atoms with Crippen molar-refractivity contribution >= 4 is 46.2 Å². The van der Waals surface area contributed by atoms with Crippen molar-refractivity contribution in [3.63, 3.8) is 0 Å². The minimum absolute atomic E-state index is 0.275. The first-order valence-corrected chi connectivity index (χ1v) is 9.21. The van der Waals surface area contributed by atoms with E-state index in [2.05, 4.69) is 22.2 Å².